The molecule has 4 rings (SSSR count). The summed E-state index contributed by atoms with van der Waals surface area (Å²) in [6.45, 7) is 0. The second kappa shape index (κ2) is 8.22. The number of carbonyl (C=O) groups is 1. The van der Waals surface area contributed by atoms with Crippen molar-refractivity contribution in [3.63, 3.8) is 0 Å². The number of carbonyl (C=O) groups excluding carboxylic acids is 1. The summed E-state index contributed by atoms with van der Waals surface area (Å²) in [6, 6.07) is 25.6. The largest absolute Gasteiger partial charge is 0.508 e. The number of hydrogen-bond acceptors (Lipinski definition) is 4. The second-order valence-corrected chi connectivity index (χ2v) is 6.33. The van der Waals surface area contributed by atoms with E-state index in [0.717, 1.165) is 22.5 Å². The van der Waals surface area contributed by atoms with E-state index in [-0.39, 0.29) is 11.7 Å². The van der Waals surface area contributed by atoms with Crippen LogP contribution in [0, 0.1) is 0 Å². The Kier molecular flexibility index (Phi) is 5.16. The van der Waals surface area contributed by atoms with Gasteiger partial charge in [0.25, 0.3) is 5.91 Å². The van der Waals surface area contributed by atoms with Crippen molar-refractivity contribution in [2.45, 2.75) is 0 Å². The van der Waals surface area contributed by atoms with Crippen molar-refractivity contribution in [2.24, 2.45) is 5.10 Å². The van der Waals surface area contributed by atoms with Crippen LogP contribution in [0.5, 0.6) is 5.75 Å². The molecular formula is C23H18N4O2. The summed E-state index contributed by atoms with van der Waals surface area (Å²) in [5.41, 5.74) is 6.32. The molecule has 0 fully saturated rings. The molecule has 0 bridgehead atoms. The van der Waals surface area contributed by atoms with E-state index in [4.69, 9.17) is 5.10 Å². The third-order valence-electron chi connectivity index (χ3n) is 4.31. The molecule has 3 aromatic carbocycles. The Morgan fingerprint density at radius 3 is 2.28 bits per heavy atom. The number of para-hydroxylation sites is 1. The van der Waals surface area contributed by atoms with Gasteiger partial charge in [0.15, 0.2) is 0 Å². The molecule has 0 aliphatic carbocycles. The Labute approximate surface area is 167 Å². The molecule has 4 aromatic rings. The number of phenolic OH excluding ortho intramolecular Hbond substituents is 1. The number of aromatic nitrogens is 2. The quantitative estimate of drug-likeness (QED) is 0.404. The summed E-state index contributed by atoms with van der Waals surface area (Å²) < 4.78 is 1.78. The minimum Gasteiger partial charge on any atom is -0.508 e. The molecule has 29 heavy (non-hydrogen) atoms. The molecule has 0 spiro atoms. The van der Waals surface area contributed by atoms with Gasteiger partial charge >= 0.3 is 0 Å². The molecule has 0 unspecified atom stereocenters. The Morgan fingerprint density at radius 2 is 1.59 bits per heavy atom. The zero-order valence-electron chi connectivity index (χ0n) is 15.4. The van der Waals surface area contributed by atoms with Gasteiger partial charge in [-0.1, -0.05) is 48.5 Å². The molecule has 0 saturated heterocycles. The number of benzene rings is 3. The average Bonchev–Trinajstić information content (AvgIpc) is 3.19. The predicted octanol–water partition coefficient (Wildman–Crippen LogP) is 4.01. The van der Waals surface area contributed by atoms with E-state index in [1.54, 1.807) is 10.9 Å². The Morgan fingerprint density at radius 1 is 0.931 bits per heavy atom. The lowest BCUT2D eigenvalue weighted by Gasteiger charge is -2.00. The fourth-order valence-corrected chi connectivity index (χ4v) is 2.85. The van der Waals surface area contributed by atoms with Crippen molar-refractivity contribution in [1.82, 2.24) is 15.2 Å². The maximum Gasteiger partial charge on any atom is 0.271 e. The Bertz CT molecular complexity index is 1130. The first-order valence-electron chi connectivity index (χ1n) is 9.04. The number of hydrogen-bond donors (Lipinski definition) is 2. The van der Waals surface area contributed by atoms with E-state index < -0.39 is 0 Å². The maximum absolute atomic E-state index is 12.2. The van der Waals surface area contributed by atoms with Gasteiger partial charge in [0.1, 0.15) is 11.4 Å². The van der Waals surface area contributed by atoms with Crippen LogP contribution in [0.25, 0.3) is 16.9 Å². The summed E-state index contributed by atoms with van der Waals surface area (Å²) in [5.74, 6) is -0.260. The van der Waals surface area contributed by atoms with E-state index in [0.29, 0.717) is 5.56 Å². The van der Waals surface area contributed by atoms with Crippen molar-refractivity contribution < 1.29 is 9.90 Å². The highest BCUT2D eigenvalue weighted by atomic mass is 16.3. The molecule has 142 valence electrons. The molecule has 0 saturated carbocycles. The molecule has 1 heterocycles. The van der Waals surface area contributed by atoms with E-state index in [2.05, 4.69) is 10.5 Å². The zero-order valence-corrected chi connectivity index (χ0v) is 15.4. The van der Waals surface area contributed by atoms with E-state index in [9.17, 15) is 9.90 Å². The molecule has 6 heteroatoms. The number of rotatable bonds is 5. The minimum atomic E-state index is -0.363. The van der Waals surface area contributed by atoms with E-state index >= 15 is 0 Å². The second-order valence-electron chi connectivity index (χ2n) is 6.33. The lowest BCUT2D eigenvalue weighted by molar-refractivity contribution is 0.0955. The molecule has 0 aliphatic rings. The fraction of sp³-hybridized carbons (Fsp3) is 0. The first-order valence-corrected chi connectivity index (χ1v) is 9.04. The number of phenols is 1. The summed E-state index contributed by atoms with van der Waals surface area (Å²) >= 11 is 0. The SMILES string of the molecule is O=C(N/N=C\c1cn(-c2ccccc2)nc1-c1ccccc1)c1ccc(O)cc1. The monoisotopic (exact) mass is 382 g/mol. The Hall–Kier alpha value is -4.19. The van der Waals surface area contributed by atoms with Gasteiger partial charge < -0.3 is 5.11 Å². The van der Waals surface area contributed by atoms with Gasteiger partial charge in [-0.2, -0.15) is 10.2 Å². The topological polar surface area (TPSA) is 79.5 Å². The zero-order chi connectivity index (χ0) is 20.1. The van der Waals surface area contributed by atoms with Crippen LogP contribution in [0.15, 0.2) is 96.2 Å². The van der Waals surface area contributed by atoms with Gasteiger partial charge in [-0.3, -0.25) is 4.79 Å². The van der Waals surface area contributed by atoms with Crippen LogP contribution in [0.1, 0.15) is 15.9 Å². The van der Waals surface area contributed by atoms with Gasteiger partial charge in [-0.05, 0) is 36.4 Å². The molecule has 0 aliphatic heterocycles. The first-order chi connectivity index (χ1) is 14.2. The van der Waals surface area contributed by atoms with Gasteiger partial charge in [-0.25, -0.2) is 10.1 Å². The highest BCUT2D eigenvalue weighted by Crippen LogP contribution is 2.22. The van der Waals surface area contributed by atoms with Crippen molar-refractivity contribution in [3.8, 4) is 22.7 Å². The van der Waals surface area contributed by atoms with Crippen LogP contribution < -0.4 is 5.43 Å². The van der Waals surface area contributed by atoms with Crippen molar-refractivity contribution in [1.29, 1.82) is 0 Å². The molecule has 0 atom stereocenters. The molecule has 0 radical (unpaired) electrons. The number of hydrazone groups is 1. The van der Waals surface area contributed by atoms with Crippen LogP contribution in [-0.4, -0.2) is 27.0 Å². The first kappa shape index (κ1) is 18.2. The Balaban J connectivity index is 1.61. The van der Waals surface area contributed by atoms with Crippen molar-refractivity contribution in [3.05, 3.63) is 102 Å². The fourth-order valence-electron chi connectivity index (χ4n) is 2.85. The molecule has 1 aromatic heterocycles. The lowest BCUT2D eigenvalue weighted by Crippen LogP contribution is -2.17. The lowest BCUT2D eigenvalue weighted by atomic mass is 10.1. The number of amides is 1. The van der Waals surface area contributed by atoms with Gasteiger partial charge in [0.2, 0.25) is 0 Å². The van der Waals surface area contributed by atoms with Crippen LogP contribution in [0.2, 0.25) is 0 Å². The van der Waals surface area contributed by atoms with Gasteiger partial charge in [0, 0.05) is 22.9 Å². The highest BCUT2D eigenvalue weighted by Gasteiger charge is 2.11. The van der Waals surface area contributed by atoms with Gasteiger partial charge in [-0.15, -0.1) is 0 Å². The summed E-state index contributed by atoms with van der Waals surface area (Å²) in [5, 5.41) is 18.1. The van der Waals surface area contributed by atoms with Crippen LogP contribution in [-0.2, 0) is 0 Å². The van der Waals surface area contributed by atoms with Gasteiger partial charge in [0.05, 0.1) is 11.9 Å². The summed E-state index contributed by atoms with van der Waals surface area (Å²) in [4.78, 5) is 12.2. The normalized spacial score (nSPS) is 10.9. The number of nitrogens with zero attached hydrogens (tertiary/aromatic N) is 3. The maximum atomic E-state index is 12.2. The number of nitrogens with one attached hydrogen (secondary N) is 1. The molecule has 2 N–H and O–H groups in total. The smallest absolute Gasteiger partial charge is 0.271 e. The average molecular weight is 382 g/mol. The van der Waals surface area contributed by atoms with Crippen LogP contribution in [0.4, 0.5) is 0 Å². The third-order valence-corrected chi connectivity index (χ3v) is 4.31. The highest BCUT2D eigenvalue weighted by molar-refractivity contribution is 5.95. The van der Waals surface area contributed by atoms with E-state index in [1.165, 1.54) is 24.3 Å². The van der Waals surface area contributed by atoms with Crippen molar-refractivity contribution >= 4 is 12.1 Å². The summed E-state index contributed by atoms with van der Waals surface area (Å²) in [7, 11) is 0. The van der Waals surface area contributed by atoms with Crippen molar-refractivity contribution in [2.75, 3.05) is 0 Å². The van der Waals surface area contributed by atoms with Crippen LogP contribution >= 0.6 is 0 Å². The third kappa shape index (κ3) is 4.22. The predicted molar refractivity (Wildman–Crippen MR) is 112 cm³/mol. The van der Waals surface area contributed by atoms with E-state index in [1.807, 2.05) is 66.9 Å². The molecule has 1 amide bonds. The summed E-state index contributed by atoms with van der Waals surface area (Å²) in [6.07, 6.45) is 3.45. The minimum absolute atomic E-state index is 0.103. The number of aromatic hydroxyl groups is 1. The molecule has 6 nitrogen and oxygen atoms in total. The standard InChI is InChI=1S/C23H18N4O2/c28-21-13-11-18(12-14-21)23(29)25-24-15-19-16-27(20-9-5-2-6-10-20)26-22(19)17-7-3-1-4-8-17/h1-16,28H,(H,25,29)/b24-15-. The molecular weight excluding hydrogens is 364 g/mol. The van der Waals surface area contributed by atoms with Crippen LogP contribution in [0.3, 0.4) is 0 Å².